The Balaban J connectivity index is 1.01. The zero-order valence-electron chi connectivity index (χ0n) is 52.7. The number of fused-ring (bicyclic) bond motifs is 4. The number of benzene rings is 12. The Hall–Kier alpha value is -12.5. The van der Waals surface area contributed by atoms with Crippen LogP contribution >= 0.6 is 0 Å². The second kappa shape index (κ2) is 24.6. The van der Waals surface area contributed by atoms with Crippen LogP contribution in [-0.2, 0) is 0 Å². The van der Waals surface area contributed by atoms with Crippen molar-refractivity contribution in [2.45, 2.75) is 20.8 Å². The number of aryl methyl sites for hydroxylation is 2. The van der Waals surface area contributed by atoms with Crippen molar-refractivity contribution in [1.82, 2.24) is 39.0 Å². The van der Waals surface area contributed by atoms with E-state index in [4.69, 9.17) is 29.9 Å². The van der Waals surface area contributed by atoms with Gasteiger partial charge in [0.05, 0.1) is 33.6 Å². The zero-order valence-corrected chi connectivity index (χ0v) is 52.7. The summed E-state index contributed by atoms with van der Waals surface area (Å²) in [6.45, 7) is 10.9. The highest BCUT2D eigenvalue weighted by atomic mass is 15.1. The molecule has 12 aromatic carbocycles. The van der Waals surface area contributed by atoms with E-state index in [1.807, 2.05) is 78.9 Å². The molecule has 0 bridgehead atoms. The zero-order chi connectivity index (χ0) is 63.9. The molecule has 0 saturated carbocycles. The van der Waals surface area contributed by atoms with Crippen LogP contribution in [0.15, 0.2) is 304 Å². The second-order valence-corrected chi connectivity index (χ2v) is 23.8. The van der Waals surface area contributed by atoms with Gasteiger partial charge in [-0.05, 0) is 120 Å². The topological polar surface area (TPSA) is 87.2 Å². The Labute approximate surface area is 551 Å². The molecule has 0 saturated heterocycles. The molecule has 4 heterocycles. The minimum Gasteiger partial charge on any atom is -0.309 e. The Morgan fingerprint density at radius 2 is 0.663 bits per heavy atom. The number of rotatable bonds is 14. The molecule has 95 heavy (non-hydrogen) atoms. The number of hydrogen-bond donors (Lipinski definition) is 0. The lowest BCUT2D eigenvalue weighted by molar-refractivity contribution is 1.07. The minimum atomic E-state index is 0.526. The van der Waals surface area contributed by atoms with E-state index in [0.717, 1.165) is 122 Å². The fraction of sp³-hybridized carbons (Fsp3) is 0.0345. The first kappa shape index (κ1) is 57.6. The summed E-state index contributed by atoms with van der Waals surface area (Å²) >= 11 is 0. The van der Waals surface area contributed by atoms with Crippen LogP contribution in [0.3, 0.4) is 0 Å². The summed E-state index contributed by atoms with van der Waals surface area (Å²) in [4.78, 5) is 32.2. The number of allylic oxidation sites excluding steroid dienone is 1. The predicted molar refractivity (Wildman–Crippen MR) is 393 cm³/mol. The van der Waals surface area contributed by atoms with Crippen molar-refractivity contribution in [2.24, 2.45) is 0 Å². The summed E-state index contributed by atoms with van der Waals surface area (Å²) in [6, 6.07) is 102. The van der Waals surface area contributed by atoms with Gasteiger partial charge in [0, 0.05) is 66.2 Å². The third-order valence-electron chi connectivity index (χ3n) is 18.0. The monoisotopic (exact) mass is 1220 g/mol. The summed E-state index contributed by atoms with van der Waals surface area (Å²) in [5.41, 5.74) is 23.0. The van der Waals surface area contributed by atoms with Crippen molar-refractivity contribution in [1.29, 1.82) is 0 Å². The van der Waals surface area contributed by atoms with Gasteiger partial charge in [0.2, 0.25) is 0 Å². The summed E-state index contributed by atoms with van der Waals surface area (Å²) < 4.78 is 4.81. The highest BCUT2D eigenvalue weighted by molar-refractivity contribution is 6.12. The van der Waals surface area contributed by atoms with E-state index in [-0.39, 0.29) is 0 Å². The van der Waals surface area contributed by atoms with Crippen LogP contribution in [-0.4, -0.2) is 39.0 Å². The van der Waals surface area contributed by atoms with Gasteiger partial charge in [0.1, 0.15) is 0 Å². The Bertz CT molecular complexity index is 5540. The molecule has 0 fully saturated rings. The summed E-state index contributed by atoms with van der Waals surface area (Å²) in [5.74, 6) is 3.33. The SMILES string of the molecule is C=Cc1c(/C=C\C)n(-c2cccc(-c3nc(-c4ccccc4)nc(-c4ccccc4)n3)c2-c2cccc(-c3c(-c4nc(-c5ccccc5)nc(-c5ccccc5)n4)cccc3-n3c4ccccc4c4cc(-c5ccccc5C)ccc43)c2)c2ccc(-c3ccccc3C)cc12. The highest BCUT2D eigenvalue weighted by Gasteiger charge is 2.27. The van der Waals surface area contributed by atoms with Gasteiger partial charge >= 0.3 is 0 Å². The average Bonchev–Trinajstić information content (AvgIpc) is 1.64. The Kier molecular flexibility index (Phi) is 14.9. The first-order chi connectivity index (χ1) is 46.9. The van der Waals surface area contributed by atoms with E-state index in [0.29, 0.717) is 34.9 Å². The number of hydrogen-bond acceptors (Lipinski definition) is 6. The normalized spacial score (nSPS) is 11.5. The van der Waals surface area contributed by atoms with Crippen molar-refractivity contribution in [2.75, 3.05) is 0 Å². The lowest BCUT2D eigenvalue weighted by Crippen LogP contribution is -2.05. The van der Waals surface area contributed by atoms with E-state index >= 15 is 0 Å². The fourth-order valence-electron chi connectivity index (χ4n) is 13.6. The van der Waals surface area contributed by atoms with Gasteiger partial charge in [-0.3, -0.25) is 0 Å². The maximum Gasteiger partial charge on any atom is 0.164 e. The van der Waals surface area contributed by atoms with Crippen LogP contribution in [0, 0.1) is 13.8 Å². The predicted octanol–water partition coefficient (Wildman–Crippen LogP) is 22.1. The van der Waals surface area contributed by atoms with E-state index in [9.17, 15) is 0 Å². The summed E-state index contributed by atoms with van der Waals surface area (Å²) in [7, 11) is 0. The maximum absolute atomic E-state index is 5.47. The van der Waals surface area contributed by atoms with Gasteiger partial charge < -0.3 is 9.13 Å². The number of aromatic nitrogens is 8. The first-order valence-electron chi connectivity index (χ1n) is 32.1. The molecule has 0 atom stereocenters. The first-order valence-corrected chi connectivity index (χ1v) is 32.1. The van der Waals surface area contributed by atoms with E-state index in [2.05, 4.69) is 267 Å². The van der Waals surface area contributed by atoms with Crippen LogP contribution in [0.1, 0.15) is 29.3 Å². The van der Waals surface area contributed by atoms with Crippen LogP contribution < -0.4 is 0 Å². The molecule has 16 rings (SSSR count). The maximum atomic E-state index is 5.47. The molecule has 0 aliphatic carbocycles. The van der Waals surface area contributed by atoms with Gasteiger partial charge in [-0.1, -0.05) is 261 Å². The Morgan fingerprint density at radius 1 is 0.295 bits per heavy atom. The Morgan fingerprint density at radius 3 is 1.13 bits per heavy atom. The molecule has 0 unspecified atom stereocenters. The van der Waals surface area contributed by atoms with Crippen molar-refractivity contribution < 1.29 is 0 Å². The van der Waals surface area contributed by atoms with Gasteiger partial charge in [0.25, 0.3) is 0 Å². The van der Waals surface area contributed by atoms with Gasteiger partial charge in [-0.2, -0.15) is 0 Å². The molecule has 0 radical (unpaired) electrons. The molecule has 0 spiro atoms. The molecule has 8 nitrogen and oxygen atoms in total. The average molecular weight is 1220 g/mol. The molecule has 0 aliphatic rings. The third-order valence-corrected chi connectivity index (χ3v) is 18.0. The van der Waals surface area contributed by atoms with Crippen molar-refractivity contribution >= 4 is 44.9 Å². The molecule has 450 valence electrons. The molecule has 0 aliphatic heterocycles. The van der Waals surface area contributed by atoms with Gasteiger partial charge in [0.15, 0.2) is 34.9 Å². The van der Waals surface area contributed by atoms with E-state index < -0.39 is 0 Å². The molecule has 8 heteroatoms. The molecule has 0 amide bonds. The minimum absolute atomic E-state index is 0.526. The lowest BCUT2D eigenvalue weighted by atomic mass is 9.91. The van der Waals surface area contributed by atoms with Crippen molar-refractivity contribution in [3.63, 3.8) is 0 Å². The third kappa shape index (κ3) is 10.5. The van der Waals surface area contributed by atoms with E-state index in [1.54, 1.807) is 0 Å². The molecule has 4 aromatic heterocycles. The van der Waals surface area contributed by atoms with Gasteiger partial charge in [-0.25, -0.2) is 29.9 Å². The molecular formula is C87H62N8. The smallest absolute Gasteiger partial charge is 0.164 e. The molecular weight excluding hydrogens is 1160 g/mol. The van der Waals surface area contributed by atoms with Gasteiger partial charge in [-0.15, -0.1) is 0 Å². The number of nitrogens with zero attached hydrogens (tertiary/aromatic N) is 8. The van der Waals surface area contributed by atoms with Crippen LogP contribution in [0.2, 0.25) is 0 Å². The van der Waals surface area contributed by atoms with Crippen molar-refractivity contribution in [3.05, 3.63) is 326 Å². The van der Waals surface area contributed by atoms with E-state index in [1.165, 1.54) is 22.3 Å². The fourth-order valence-corrected chi connectivity index (χ4v) is 13.6. The standard InChI is InChI=1S/C87H62N8/c1-5-28-74-66(6-2)72-54-62(67-41-21-19-29-56(67)3)49-51-76(72)94(74)78-47-26-44-70(86-90-82(58-31-11-7-12-32-58)88-83(91-86)59-33-13-8-14-34-59)80(78)64-39-25-40-65(53-64)81-71(87-92-84(60-35-15-9-16-36-60)89-85(93-87)61-37-17-10-18-38-61)45-27-48-79(81)95-75-46-24-23-43-69(75)73-55-63(50-52-77(73)95)68-42-22-20-30-57(68)4/h5-55H,2H2,1,3-4H3/b28-5-. The highest BCUT2D eigenvalue weighted by Crippen LogP contribution is 2.47. The molecule has 16 aromatic rings. The lowest BCUT2D eigenvalue weighted by Gasteiger charge is -2.21. The van der Waals surface area contributed by atoms with Crippen LogP contribution in [0.4, 0.5) is 0 Å². The van der Waals surface area contributed by atoms with Crippen LogP contribution in [0.25, 0.3) is 169 Å². The quantitative estimate of drug-likeness (QED) is 0.108. The van der Waals surface area contributed by atoms with Crippen molar-refractivity contribution in [3.8, 4) is 124 Å². The largest absolute Gasteiger partial charge is 0.309 e. The second-order valence-electron chi connectivity index (χ2n) is 23.8. The summed E-state index contributed by atoms with van der Waals surface area (Å²) in [6.07, 6.45) is 6.30. The summed E-state index contributed by atoms with van der Waals surface area (Å²) in [5, 5.41) is 3.36. The molecule has 0 N–H and O–H groups in total. The van der Waals surface area contributed by atoms with Crippen LogP contribution in [0.5, 0.6) is 0 Å². The number of para-hydroxylation sites is 1.